The molecule has 118 valence electrons. The zero-order valence-corrected chi connectivity index (χ0v) is 12.9. The van der Waals surface area contributed by atoms with Crippen molar-refractivity contribution in [2.45, 2.75) is 45.4 Å². The number of ether oxygens (including phenoxy) is 2. The summed E-state index contributed by atoms with van der Waals surface area (Å²) in [7, 11) is 0. The number of nitriles is 1. The second-order valence-electron chi connectivity index (χ2n) is 5.05. The van der Waals surface area contributed by atoms with E-state index in [-0.39, 0.29) is 6.10 Å². The summed E-state index contributed by atoms with van der Waals surface area (Å²) in [5, 5.41) is 11.8. The van der Waals surface area contributed by atoms with Crippen LogP contribution >= 0.6 is 0 Å². The van der Waals surface area contributed by atoms with Crippen molar-refractivity contribution in [1.29, 1.82) is 5.26 Å². The van der Waals surface area contributed by atoms with Gasteiger partial charge in [0.15, 0.2) is 0 Å². The highest BCUT2D eigenvalue weighted by atomic mass is 16.6. The number of benzene rings is 1. The molecule has 0 heterocycles. The lowest BCUT2D eigenvalue weighted by Gasteiger charge is -2.23. The van der Waals surface area contributed by atoms with Crippen LogP contribution in [0.2, 0.25) is 0 Å². The number of rotatable bonds is 6. The number of alkyl carbamates (subject to hydrolysis) is 1. The van der Waals surface area contributed by atoms with E-state index in [0.717, 1.165) is 5.56 Å². The molecule has 6 nitrogen and oxygen atoms in total. The Morgan fingerprint density at radius 1 is 1.23 bits per heavy atom. The molecule has 22 heavy (non-hydrogen) atoms. The normalized spacial score (nSPS) is 12.9. The fourth-order valence-electron chi connectivity index (χ4n) is 1.88. The molecule has 2 atom stereocenters. The van der Waals surface area contributed by atoms with Gasteiger partial charge in [0.05, 0.1) is 12.1 Å². The summed E-state index contributed by atoms with van der Waals surface area (Å²) in [6, 6.07) is 10.5. The van der Waals surface area contributed by atoms with E-state index in [4.69, 9.17) is 9.47 Å². The van der Waals surface area contributed by atoms with E-state index in [1.54, 1.807) is 13.8 Å². The molecule has 0 bridgehead atoms. The van der Waals surface area contributed by atoms with Crippen LogP contribution in [0.25, 0.3) is 0 Å². The van der Waals surface area contributed by atoms with Crippen molar-refractivity contribution >= 4 is 12.1 Å². The smallest absolute Gasteiger partial charge is 0.407 e. The Morgan fingerprint density at radius 2 is 1.86 bits per heavy atom. The summed E-state index contributed by atoms with van der Waals surface area (Å²) in [5.41, 5.74) is 0.907. The standard InChI is InChI=1S/C16H20N2O4/c1-11(2)21-16(20)18-14(15(10-17)22-12(3)19)9-13-7-5-4-6-8-13/h4-8,11,14-15H,9H2,1-3H3,(H,18,20)/t14-,15-/m1/s1. The van der Waals surface area contributed by atoms with Gasteiger partial charge in [-0.1, -0.05) is 30.3 Å². The third-order valence-electron chi connectivity index (χ3n) is 2.73. The second kappa shape index (κ2) is 8.67. The van der Waals surface area contributed by atoms with Crippen molar-refractivity contribution in [3.63, 3.8) is 0 Å². The topological polar surface area (TPSA) is 88.4 Å². The molecule has 1 rings (SSSR count). The van der Waals surface area contributed by atoms with Gasteiger partial charge in [-0.15, -0.1) is 0 Å². The largest absolute Gasteiger partial charge is 0.447 e. The Balaban J connectivity index is 2.86. The molecule has 1 amide bonds. The fourth-order valence-corrected chi connectivity index (χ4v) is 1.88. The average molecular weight is 304 g/mol. The molecule has 0 saturated carbocycles. The number of nitrogens with zero attached hydrogens (tertiary/aromatic N) is 1. The molecule has 1 N–H and O–H groups in total. The van der Waals surface area contributed by atoms with Gasteiger partial charge in [0.1, 0.15) is 6.07 Å². The molecule has 0 fully saturated rings. The van der Waals surface area contributed by atoms with E-state index >= 15 is 0 Å². The van der Waals surface area contributed by atoms with Gasteiger partial charge in [-0.25, -0.2) is 4.79 Å². The quantitative estimate of drug-likeness (QED) is 0.814. The van der Waals surface area contributed by atoms with E-state index in [1.165, 1.54) is 6.92 Å². The minimum atomic E-state index is -1.09. The molecule has 6 heteroatoms. The lowest BCUT2D eigenvalue weighted by molar-refractivity contribution is -0.145. The number of esters is 1. The lowest BCUT2D eigenvalue weighted by atomic mass is 10.0. The number of amides is 1. The Bertz CT molecular complexity index is 537. The Labute approximate surface area is 130 Å². The Hall–Kier alpha value is -2.55. The van der Waals surface area contributed by atoms with Crippen molar-refractivity contribution < 1.29 is 19.1 Å². The number of nitrogens with one attached hydrogen (secondary N) is 1. The average Bonchev–Trinajstić information content (AvgIpc) is 2.44. The first-order chi connectivity index (χ1) is 10.4. The lowest BCUT2D eigenvalue weighted by Crippen LogP contribution is -2.46. The predicted molar refractivity (Wildman–Crippen MR) is 79.9 cm³/mol. The SMILES string of the molecule is CC(=O)O[C@H](C#N)[C@@H](Cc1ccccc1)NC(=O)OC(C)C. The molecule has 0 aliphatic rings. The van der Waals surface area contributed by atoms with Crippen LogP contribution in [-0.4, -0.2) is 30.3 Å². The molecule has 1 aromatic rings. The van der Waals surface area contributed by atoms with E-state index < -0.39 is 24.2 Å². The van der Waals surface area contributed by atoms with Crippen molar-refractivity contribution in [2.75, 3.05) is 0 Å². The maximum absolute atomic E-state index is 11.8. The Morgan fingerprint density at radius 3 is 2.36 bits per heavy atom. The number of hydrogen-bond donors (Lipinski definition) is 1. The molecule has 0 aliphatic carbocycles. The summed E-state index contributed by atoms with van der Waals surface area (Å²) >= 11 is 0. The molecule has 0 spiro atoms. The molecule has 0 saturated heterocycles. The van der Waals surface area contributed by atoms with Crippen LogP contribution in [0.3, 0.4) is 0 Å². The summed E-state index contributed by atoms with van der Waals surface area (Å²) in [6.45, 7) is 4.66. The molecule has 0 radical (unpaired) electrons. The molecule has 1 aromatic carbocycles. The maximum Gasteiger partial charge on any atom is 0.407 e. The monoisotopic (exact) mass is 304 g/mol. The van der Waals surface area contributed by atoms with Crippen LogP contribution in [0.4, 0.5) is 4.79 Å². The van der Waals surface area contributed by atoms with Crippen molar-refractivity contribution in [1.82, 2.24) is 5.32 Å². The number of carbonyl (C=O) groups is 2. The molecular formula is C16H20N2O4. The number of carbonyl (C=O) groups excluding carboxylic acids is 2. The number of hydrogen-bond acceptors (Lipinski definition) is 5. The third-order valence-corrected chi connectivity index (χ3v) is 2.73. The zero-order valence-electron chi connectivity index (χ0n) is 12.9. The van der Waals surface area contributed by atoms with Crippen LogP contribution in [-0.2, 0) is 20.7 Å². The molecule has 0 aromatic heterocycles. The van der Waals surface area contributed by atoms with Crippen molar-refractivity contribution in [2.24, 2.45) is 0 Å². The van der Waals surface area contributed by atoms with Crippen molar-refractivity contribution in [3.05, 3.63) is 35.9 Å². The van der Waals surface area contributed by atoms with Crippen LogP contribution in [0.15, 0.2) is 30.3 Å². The summed E-state index contributed by atoms with van der Waals surface area (Å²) < 4.78 is 9.99. The van der Waals surface area contributed by atoms with Crippen LogP contribution in [0.5, 0.6) is 0 Å². The van der Waals surface area contributed by atoms with Crippen LogP contribution in [0, 0.1) is 11.3 Å². The first-order valence-electron chi connectivity index (χ1n) is 7.00. The van der Waals surface area contributed by atoms with Gasteiger partial charge < -0.3 is 14.8 Å². The third kappa shape index (κ3) is 6.27. The maximum atomic E-state index is 11.8. The van der Waals surface area contributed by atoms with E-state index in [1.807, 2.05) is 36.4 Å². The molecule has 0 aliphatic heterocycles. The molecular weight excluding hydrogens is 284 g/mol. The van der Waals surface area contributed by atoms with Gasteiger partial charge in [-0.05, 0) is 25.8 Å². The van der Waals surface area contributed by atoms with Crippen molar-refractivity contribution in [3.8, 4) is 6.07 Å². The minimum Gasteiger partial charge on any atom is -0.447 e. The molecule has 0 unspecified atom stereocenters. The van der Waals surface area contributed by atoms with Gasteiger partial charge in [0.25, 0.3) is 0 Å². The van der Waals surface area contributed by atoms with E-state index in [2.05, 4.69) is 5.32 Å². The van der Waals surface area contributed by atoms with Gasteiger partial charge >= 0.3 is 12.1 Å². The fraction of sp³-hybridized carbons (Fsp3) is 0.438. The summed E-state index contributed by atoms with van der Waals surface area (Å²) in [5.74, 6) is -0.580. The highest BCUT2D eigenvalue weighted by Crippen LogP contribution is 2.09. The first-order valence-corrected chi connectivity index (χ1v) is 7.00. The Kier molecular flexibility index (Phi) is 6.90. The first kappa shape index (κ1) is 17.5. The minimum absolute atomic E-state index is 0.286. The van der Waals surface area contributed by atoms with Gasteiger partial charge in [-0.2, -0.15) is 5.26 Å². The second-order valence-corrected chi connectivity index (χ2v) is 5.05. The van der Waals surface area contributed by atoms with Gasteiger partial charge in [0.2, 0.25) is 6.10 Å². The predicted octanol–water partition coefficient (Wildman–Crippen LogP) is 2.19. The van der Waals surface area contributed by atoms with Gasteiger partial charge in [-0.3, -0.25) is 4.79 Å². The van der Waals surface area contributed by atoms with Gasteiger partial charge in [0, 0.05) is 6.92 Å². The van der Waals surface area contributed by atoms with Crippen LogP contribution < -0.4 is 5.32 Å². The highest BCUT2D eigenvalue weighted by molar-refractivity contribution is 5.69. The van der Waals surface area contributed by atoms with Crippen LogP contribution in [0.1, 0.15) is 26.3 Å². The summed E-state index contributed by atoms with van der Waals surface area (Å²) in [6.07, 6.45) is -1.67. The van der Waals surface area contributed by atoms with E-state index in [9.17, 15) is 14.9 Å². The van der Waals surface area contributed by atoms with E-state index in [0.29, 0.717) is 6.42 Å². The zero-order chi connectivity index (χ0) is 16.5. The summed E-state index contributed by atoms with van der Waals surface area (Å²) in [4.78, 5) is 22.9. The highest BCUT2D eigenvalue weighted by Gasteiger charge is 2.27.